The van der Waals surface area contributed by atoms with Gasteiger partial charge in [-0.05, 0) is 10.4 Å². The lowest BCUT2D eigenvalue weighted by molar-refractivity contribution is 0.102. The highest BCUT2D eigenvalue weighted by Gasteiger charge is 2.07. The van der Waals surface area contributed by atoms with Gasteiger partial charge < -0.3 is 0 Å². The molecule has 0 aliphatic rings. The van der Waals surface area contributed by atoms with Gasteiger partial charge in [0.15, 0.2) is 5.78 Å². The van der Waals surface area contributed by atoms with Crippen LogP contribution in [0.3, 0.4) is 0 Å². The summed E-state index contributed by atoms with van der Waals surface area (Å²) in [6, 6.07) is 9.15. The van der Waals surface area contributed by atoms with Crippen LogP contribution in [0.15, 0.2) is 35.5 Å². The van der Waals surface area contributed by atoms with Gasteiger partial charge in [-0.25, -0.2) is 5.10 Å². The molecule has 1 N–H and O–H groups in total. The van der Waals surface area contributed by atoms with Gasteiger partial charge in [0.1, 0.15) is 0 Å². The smallest absolute Gasteiger partial charge is 0.207 e. The van der Waals surface area contributed by atoms with Gasteiger partial charge in [-0.1, -0.05) is 42.1 Å². The molecule has 2 rings (SSSR count). The van der Waals surface area contributed by atoms with Crippen LogP contribution in [0.2, 0.25) is 0 Å². The summed E-state index contributed by atoms with van der Waals surface area (Å²) in [5.74, 6) is 0.401. The van der Waals surface area contributed by atoms with E-state index in [1.807, 2.05) is 18.2 Å². The second kappa shape index (κ2) is 4.70. The Bertz CT molecular complexity index is 429. The van der Waals surface area contributed by atoms with Gasteiger partial charge in [-0.2, -0.15) is 0 Å². The Balaban J connectivity index is 1.94. The zero-order valence-electron chi connectivity index (χ0n) is 7.75. The Morgan fingerprint density at radius 3 is 2.80 bits per heavy atom. The molecule has 0 saturated heterocycles. The molecule has 0 spiro atoms. The highest BCUT2D eigenvalue weighted by molar-refractivity contribution is 7.99. The first-order valence-electron chi connectivity index (χ1n) is 4.31. The van der Waals surface area contributed by atoms with Crippen molar-refractivity contribution in [2.24, 2.45) is 0 Å². The van der Waals surface area contributed by atoms with E-state index in [-0.39, 0.29) is 5.78 Å². The Kier molecular flexibility index (Phi) is 3.08. The summed E-state index contributed by atoms with van der Waals surface area (Å²) in [4.78, 5) is 11.6. The maximum absolute atomic E-state index is 11.6. The first-order valence-corrected chi connectivity index (χ1v) is 5.29. The van der Waals surface area contributed by atoms with Crippen molar-refractivity contribution in [3.05, 3.63) is 35.9 Å². The molecule has 0 unspecified atom stereocenters. The second-order valence-corrected chi connectivity index (χ2v) is 3.75. The molecule has 1 aromatic carbocycles. The first kappa shape index (κ1) is 9.85. The van der Waals surface area contributed by atoms with Crippen LogP contribution in [-0.2, 0) is 0 Å². The Hall–Kier alpha value is -1.69. The van der Waals surface area contributed by atoms with E-state index in [1.54, 1.807) is 12.1 Å². The number of tetrazole rings is 1. The number of benzene rings is 1. The topological polar surface area (TPSA) is 71.5 Å². The average Bonchev–Trinajstić information content (AvgIpc) is 2.80. The molecule has 6 heteroatoms. The SMILES string of the molecule is O=C(CSc1nnn[nH]1)c1ccccc1. The van der Waals surface area contributed by atoms with Crippen LogP contribution in [0.25, 0.3) is 0 Å². The Morgan fingerprint density at radius 2 is 2.13 bits per heavy atom. The molecule has 1 heterocycles. The molecule has 5 nitrogen and oxygen atoms in total. The molecule has 0 bridgehead atoms. The molecule has 0 atom stereocenters. The fourth-order valence-electron chi connectivity index (χ4n) is 1.05. The lowest BCUT2D eigenvalue weighted by Gasteiger charge is -1.97. The van der Waals surface area contributed by atoms with Crippen molar-refractivity contribution in [2.75, 3.05) is 5.75 Å². The standard InChI is InChI=1S/C9H8N4OS/c14-8(7-4-2-1-3-5-7)6-15-9-10-12-13-11-9/h1-5H,6H2,(H,10,11,12,13). The molecule has 15 heavy (non-hydrogen) atoms. The van der Waals surface area contributed by atoms with Crippen molar-refractivity contribution in [1.29, 1.82) is 0 Å². The molecular formula is C9H8N4OS. The van der Waals surface area contributed by atoms with E-state index in [0.717, 1.165) is 0 Å². The highest BCUT2D eigenvalue weighted by atomic mass is 32.2. The van der Waals surface area contributed by atoms with Gasteiger partial charge in [-0.15, -0.1) is 5.10 Å². The molecule has 0 amide bonds. The molecule has 1 aromatic heterocycles. The van der Waals surface area contributed by atoms with Crippen LogP contribution in [0, 0.1) is 0 Å². The van der Waals surface area contributed by atoms with E-state index in [1.165, 1.54) is 11.8 Å². The summed E-state index contributed by atoms with van der Waals surface area (Å²) in [5.41, 5.74) is 0.706. The molecule has 0 saturated carbocycles. The zero-order valence-corrected chi connectivity index (χ0v) is 8.57. The van der Waals surface area contributed by atoms with Crippen LogP contribution >= 0.6 is 11.8 Å². The number of nitrogens with zero attached hydrogens (tertiary/aromatic N) is 3. The van der Waals surface area contributed by atoms with E-state index in [9.17, 15) is 4.79 Å². The van der Waals surface area contributed by atoms with E-state index in [2.05, 4.69) is 20.6 Å². The zero-order chi connectivity index (χ0) is 10.5. The van der Waals surface area contributed by atoms with Crippen LogP contribution in [0.1, 0.15) is 10.4 Å². The van der Waals surface area contributed by atoms with Crippen molar-refractivity contribution < 1.29 is 4.79 Å². The van der Waals surface area contributed by atoms with Crippen molar-refractivity contribution in [2.45, 2.75) is 5.16 Å². The quantitative estimate of drug-likeness (QED) is 0.618. The summed E-state index contributed by atoms with van der Waals surface area (Å²) in [7, 11) is 0. The van der Waals surface area contributed by atoms with E-state index in [0.29, 0.717) is 16.5 Å². The summed E-state index contributed by atoms with van der Waals surface area (Å²) >= 11 is 1.29. The minimum Gasteiger partial charge on any atom is -0.293 e. The number of carbonyl (C=O) groups excluding carboxylic acids is 1. The summed E-state index contributed by atoms with van der Waals surface area (Å²) in [5, 5.41) is 13.7. The van der Waals surface area contributed by atoms with Gasteiger partial charge >= 0.3 is 0 Å². The maximum Gasteiger partial charge on any atom is 0.207 e. The number of rotatable bonds is 4. The van der Waals surface area contributed by atoms with E-state index >= 15 is 0 Å². The molecule has 0 radical (unpaired) electrons. The normalized spacial score (nSPS) is 10.1. The van der Waals surface area contributed by atoms with Gasteiger partial charge in [0.05, 0.1) is 5.75 Å². The second-order valence-electron chi connectivity index (χ2n) is 2.78. The van der Waals surface area contributed by atoms with Crippen LogP contribution in [0.5, 0.6) is 0 Å². The fraction of sp³-hybridized carbons (Fsp3) is 0.111. The molecule has 2 aromatic rings. The van der Waals surface area contributed by atoms with Crippen molar-refractivity contribution >= 4 is 17.5 Å². The van der Waals surface area contributed by atoms with E-state index in [4.69, 9.17) is 0 Å². The summed E-state index contributed by atoms with van der Waals surface area (Å²) in [6.45, 7) is 0. The summed E-state index contributed by atoms with van der Waals surface area (Å²) in [6.07, 6.45) is 0. The number of hydrogen-bond donors (Lipinski definition) is 1. The lowest BCUT2D eigenvalue weighted by Crippen LogP contribution is -2.01. The molecule has 0 fully saturated rings. The number of ketones is 1. The predicted octanol–water partition coefficient (Wildman–Crippen LogP) is 1.17. The van der Waals surface area contributed by atoms with Crippen LogP contribution < -0.4 is 0 Å². The number of H-pyrrole nitrogens is 1. The number of carbonyl (C=O) groups is 1. The van der Waals surface area contributed by atoms with E-state index < -0.39 is 0 Å². The first-order chi connectivity index (χ1) is 7.36. The van der Waals surface area contributed by atoms with Crippen LogP contribution in [-0.4, -0.2) is 32.2 Å². The predicted molar refractivity (Wildman–Crippen MR) is 55.7 cm³/mol. The van der Waals surface area contributed by atoms with Gasteiger partial charge in [0.25, 0.3) is 0 Å². The molecule has 76 valence electrons. The number of nitrogens with one attached hydrogen (secondary N) is 1. The van der Waals surface area contributed by atoms with Crippen molar-refractivity contribution in [1.82, 2.24) is 20.6 Å². The molecule has 0 aliphatic heterocycles. The summed E-state index contributed by atoms with van der Waals surface area (Å²) < 4.78 is 0. The monoisotopic (exact) mass is 220 g/mol. The molecular weight excluding hydrogens is 212 g/mol. The third kappa shape index (κ3) is 2.63. The number of aromatic amines is 1. The van der Waals surface area contributed by atoms with Crippen LogP contribution in [0.4, 0.5) is 0 Å². The van der Waals surface area contributed by atoms with Gasteiger partial charge in [0.2, 0.25) is 5.16 Å². The highest BCUT2D eigenvalue weighted by Crippen LogP contribution is 2.12. The fourth-order valence-corrected chi connectivity index (χ4v) is 1.69. The largest absolute Gasteiger partial charge is 0.293 e. The average molecular weight is 220 g/mol. The molecule has 0 aliphatic carbocycles. The minimum absolute atomic E-state index is 0.0667. The lowest BCUT2D eigenvalue weighted by atomic mass is 10.2. The third-order valence-corrected chi connectivity index (χ3v) is 2.61. The number of hydrogen-bond acceptors (Lipinski definition) is 5. The number of aromatic nitrogens is 4. The minimum atomic E-state index is 0.0667. The third-order valence-electron chi connectivity index (χ3n) is 1.76. The Morgan fingerprint density at radius 1 is 1.33 bits per heavy atom. The van der Waals surface area contributed by atoms with Gasteiger partial charge in [0, 0.05) is 5.56 Å². The number of thioether (sulfide) groups is 1. The number of Topliss-reactive ketones (excluding diaryl/α,β-unsaturated/α-hetero) is 1. The Labute approximate surface area is 90.3 Å². The van der Waals surface area contributed by atoms with Crippen molar-refractivity contribution in [3.63, 3.8) is 0 Å². The van der Waals surface area contributed by atoms with Gasteiger partial charge in [-0.3, -0.25) is 4.79 Å². The maximum atomic E-state index is 11.6. The van der Waals surface area contributed by atoms with Crippen molar-refractivity contribution in [3.8, 4) is 0 Å².